The lowest BCUT2D eigenvalue weighted by molar-refractivity contribution is -0.137. The van der Waals surface area contributed by atoms with Gasteiger partial charge in [0, 0.05) is 17.1 Å². The quantitative estimate of drug-likeness (QED) is 0.398. The number of alkyl halides is 3. The summed E-state index contributed by atoms with van der Waals surface area (Å²) in [5.74, 6) is 0.306. The van der Waals surface area contributed by atoms with Crippen molar-refractivity contribution in [2.24, 2.45) is 15.2 Å². The van der Waals surface area contributed by atoms with Crippen LogP contribution >= 0.6 is 11.5 Å². The van der Waals surface area contributed by atoms with Gasteiger partial charge in [-0.2, -0.15) is 22.5 Å². The molecule has 3 rings (SSSR count). The molecule has 0 unspecified atom stereocenters. The van der Waals surface area contributed by atoms with Crippen LogP contribution in [-0.2, 0) is 6.18 Å². The van der Waals surface area contributed by atoms with Crippen molar-refractivity contribution in [3.05, 3.63) is 53.6 Å². The molecular weight excluding hydrogens is 363 g/mol. The minimum absolute atomic E-state index is 0.306. The van der Waals surface area contributed by atoms with E-state index >= 15 is 0 Å². The molecule has 3 aromatic rings. The number of azo groups is 1. The van der Waals surface area contributed by atoms with Crippen LogP contribution in [0, 0.1) is 6.92 Å². The van der Waals surface area contributed by atoms with E-state index in [2.05, 4.69) is 31.3 Å². The molecule has 0 aliphatic heterocycles. The number of aromatic nitrogens is 2. The maximum Gasteiger partial charge on any atom is 0.416 e. The van der Waals surface area contributed by atoms with Crippen molar-refractivity contribution < 1.29 is 13.2 Å². The molecule has 9 heteroatoms. The first kappa shape index (κ1) is 17.9. The first-order valence-corrected chi connectivity index (χ1v) is 8.14. The van der Waals surface area contributed by atoms with Crippen LogP contribution in [0.25, 0.3) is 11.4 Å². The highest BCUT2D eigenvalue weighted by molar-refractivity contribution is 7.09. The zero-order valence-corrected chi connectivity index (χ0v) is 14.3. The second kappa shape index (κ2) is 7.12. The van der Waals surface area contributed by atoms with Crippen molar-refractivity contribution in [2.45, 2.75) is 13.1 Å². The van der Waals surface area contributed by atoms with Gasteiger partial charge in [-0.15, -0.1) is 10.2 Å². The summed E-state index contributed by atoms with van der Waals surface area (Å²) >= 11 is 1.01. The summed E-state index contributed by atoms with van der Waals surface area (Å²) in [6.07, 6.45) is -4.37. The van der Waals surface area contributed by atoms with Crippen LogP contribution in [0.15, 0.2) is 57.7 Å². The molecule has 0 atom stereocenters. The van der Waals surface area contributed by atoms with Gasteiger partial charge in [0.2, 0.25) is 5.13 Å². The SMILES string of the molecule is C=Nc1ccc(N=Nc2nc(-c3ccc(C(F)(F)F)cc3)ns2)c(C)c1. The molecular formula is C17H12F3N5S. The van der Waals surface area contributed by atoms with Crippen LogP contribution in [0.3, 0.4) is 0 Å². The van der Waals surface area contributed by atoms with E-state index in [4.69, 9.17) is 0 Å². The van der Waals surface area contributed by atoms with Crippen LogP contribution in [-0.4, -0.2) is 16.1 Å². The number of hydrogen-bond acceptors (Lipinski definition) is 6. The van der Waals surface area contributed by atoms with Gasteiger partial charge in [-0.3, -0.25) is 4.99 Å². The maximum absolute atomic E-state index is 12.6. The minimum Gasteiger partial charge on any atom is -0.265 e. The molecule has 1 aromatic heterocycles. The van der Waals surface area contributed by atoms with Crippen molar-refractivity contribution in [1.29, 1.82) is 0 Å². The Morgan fingerprint density at radius 3 is 2.38 bits per heavy atom. The van der Waals surface area contributed by atoms with Crippen LogP contribution < -0.4 is 0 Å². The van der Waals surface area contributed by atoms with Gasteiger partial charge in [0.1, 0.15) is 0 Å². The molecule has 0 bridgehead atoms. The first-order valence-electron chi connectivity index (χ1n) is 7.37. The predicted molar refractivity (Wildman–Crippen MR) is 94.9 cm³/mol. The molecule has 1 heterocycles. The summed E-state index contributed by atoms with van der Waals surface area (Å²) in [5.41, 5.74) is 2.04. The van der Waals surface area contributed by atoms with Crippen molar-refractivity contribution >= 4 is 34.8 Å². The minimum atomic E-state index is -4.37. The Kier molecular flexibility index (Phi) is 4.90. The van der Waals surface area contributed by atoms with Gasteiger partial charge in [-0.25, -0.2) is 0 Å². The molecule has 0 N–H and O–H groups in total. The van der Waals surface area contributed by atoms with E-state index in [0.29, 0.717) is 22.2 Å². The van der Waals surface area contributed by atoms with Gasteiger partial charge in [0.05, 0.1) is 16.9 Å². The average Bonchev–Trinajstić information content (AvgIpc) is 3.09. The zero-order valence-electron chi connectivity index (χ0n) is 13.5. The van der Waals surface area contributed by atoms with E-state index in [-0.39, 0.29) is 0 Å². The van der Waals surface area contributed by atoms with Gasteiger partial charge in [-0.05, 0) is 49.5 Å². The van der Waals surface area contributed by atoms with Gasteiger partial charge in [0.15, 0.2) is 5.82 Å². The van der Waals surface area contributed by atoms with Crippen LogP contribution in [0.2, 0.25) is 0 Å². The van der Waals surface area contributed by atoms with E-state index in [1.807, 2.05) is 13.0 Å². The summed E-state index contributed by atoms with van der Waals surface area (Å²) < 4.78 is 41.9. The summed E-state index contributed by atoms with van der Waals surface area (Å²) in [4.78, 5) is 8.02. The molecule has 132 valence electrons. The summed E-state index contributed by atoms with van der Waals surface area (Å²) in [7, 11) is 0. The zero-order chi connectivity index (χ0) is 18.7. The molecule has 0 spiro atoms. The Bertz CT molecular complexity index is 961. The van der Waals surface area contributed by atoms with Gasteiger partial charge in [0.25, 0.3) is 0 Å². The molecule has 5 nitrogen and oxygen atoms in total. The van der Waals surface area contributed by atoms with E-state index < -0.39 is 11.7 Å². The molecule has 26 heavy (non-hydrogen) atoms. The number of nitrogens with zero attached hydrogens (tertiary/aromatic N) is 5. The lowest BCUT2D eigenvalue weighted by Gasteiger charge is -2.05. The van der Waals surface area contributed by atoms with Crippen LogP contribution in [0.1, 0.15) is 11.1 Å². The standard InChI is InChI=1S/C17H12F3N5S/c1-10-9-13(21-2)7-8-14(10)23-24-16-22-15(25-26-16)11-3-5-12(6-4-11)17(18,19)20/h3-9H,2H2,1H3. The smallest absolute Gasteiger partial charge is 0.265 e. The summed E-state index contributed by atoms with van der Waals surface area (Å²) in [6.45, 7) is 5.33. The van der Waals surface area contributed by atoms with Gasteiger partial charge in [-0.1, -0.05) is 12.1 Å². The van der Waals surface area contributed by atoms with Gasteiger partial charge >= 0.3 is 6.18 Å². The third-order valence-electron chi connectivity index (χ3n) is 3.49. The molecule has 0 saturated carbocycles. The van der Waals surface area contributed by atoms with Crippen molar-refractivity contribution in [3.63, 3.8) is 0 Å². The lowest BCUT2D eigenvalue weighted by Crippen LogP contribution is -2.04. The molecule has 0 aliphatic rings. The summed E-state index contributed by atoms with van der Waals surface area (Å²) in [5, 5.41) is 8.48. The number of rotatable bonds is 4. The first-order chi connectivity index (χ1) is 12.4. The van der Waals surface area contributed by atoms with E-state index in [1.165, 1.54) is 12.1 Å². The maximum atomic E-state index is 12.6. The van der Waals surface area contributed by atoms with Crippen LogP contribution in [0.5, 0.6) is 0 Å². The molecule has 0 radical (unpaired) electrons. The van der Waals surface area contributed by atoms with E-state index in [0.717, 1.165) is 34.9 Å². The Balaban J connectivity index is 1.79. The normalized spacial score (nSPS) is 11.8. The fourth-order valence-corrected chi connectivity index (χ4v) is 2.65. The Labute approximate surface area is 151 Å². The number of halogens is 3. The Hall–Kier alpha value is -2.94. The van der Waals surface area contributed by atoms with Crippen LogP contribution in [0.4, 0.5) is 29.7 Å². The topological polar surface area (TPSA) is 62.9 Å². The molecule has 0 fully saturated rings. The highest BCUT2D eigenvalue weighted by Gasteiger charge is 2.30. The fourth-order valence-electron chi connectivity index (χ4n) is 2.13. The highest BCUT2D eigenvalue weighted by atomic mass is 32.1. The van der Waals surface area contributed by atoms with Gasteiger partial charge < -0.3 is 0 Å². The average molecular weight is 375 g/mol. The van der Waals surface area contributed by atoms with Crippen molar-refractivity contribution in [2.75, 3.05) is 0 Å². The van der Waals surface area contributed by atoms with Crippen molar-refractivity contribution in [1.82, 2.24) is 9.36 Å². The number of aryl methyl sites for hydroxylation is 1. The Morgan fingerprint density at radius 2 is 1.77 bits per heavy atom. The monoisotopic (exact) mass is 375 g/mol. The number of aliphatic imine (C=N–C) groups is 1. The third kappa shape index (κ3) is 3.99. The second-order valence-corrected chi connectivity index (χ2v) is 6.03. The number of benzene rings is 2. The molecule has 0 amide bonds. The largest absolute Gasteiger partial charge is 0.416 e. The molecule has 2 aromatic carbocycles. The molecule has 0 saturated heterocycles. The van der Waals surface area contributed by atoms with E-state index in [9.17, 15) is 13.2 Å². The number of hydrogen-bond donors (Lipinski definition) is 0. The molecule has 0 aliphatic carbocycles. The third-order valence-corrected chi connectivity index (χ3v) is 4.09. The van der Waals surface area contributed by atoms with Crippen molar-refractivity contribution in [3.8, 4) is 11.4 Å². The fraction of sp³-hybridized carbons (Fsp3) is 0.118. The summed E-state index contributed by atoms with van der Waals surface area (Å²) in [6, 6.07) is 10.0. The second-order valence-electron chi connectivity index (χ2n) is 5.30. The Morgan fingerprint density at radius 1 is 1.04 bits per heavy atom. The lowest BCUT2D eigenvalue weighted by atomic mass is 10.1. The van der Waals surface area contributed by atoms with E-state index in [1.54, 1.807) is 12.1 Å². The predicted octanol–water partition coefficient (Wildman–Crippen LogP) is 6.28. The highest BCUT2D eigenvalue weighted by Crippen LogP contribution is 2.32.